The molecule has 3 rings (SSSR count). The van der Waals surface area contributed by atoms with Crippen LogP contribution in [-0.2, 0) is 21.1 Å². The zero-order valence-corrected chi connectivity index (χ0v) is 10.8. The van der Waals surface area contributed by atoms with Gasteiger partial charge in [0.05, 0.1) is 17.4 Å². The van der Waals surface area contributed by atoms with E-state index < -0.39 is 9.84 Å². The van der Waals surface area contributed by atoms with Crippen molar-refractivity contribution in [2.75, 3.05) is 23.0 Å². The third-order valence-electron chi connectivity index (χ3n) is 3.73. The number of nitrogens with zero attached hydrogens (tertiary/aromatic N) is 1. The van der Waals surface area contributed by atoms with Gasteiger partial charge in [0, 0.05) is 12.2 Å². The molecule has 1 atom stereocenters. The lowest BCUT2D eigenvalue weighted by Crippen LogP contribution is -2.35. The molecule has 2 heterocycles. The van der Waals surface area contributed by atoms with Crippen LogP contribution < -0.4 is 4.90 Å². The number of anilines is 1. The van der Waals surface area contributed by atoms with Crippen LogP contribution in [-0.4, -0.2) is 32.4 Å². The Morgan fingerprint density at radius 1 is 1.28 bits per heavy atom. The summed E-state index contributed by atoms with van der Waals surface area (Å²) < 4.78 is 22.9. The lowest BCUT2D eigenvalue weighted by Gasteiger charge is -2.20. The number of rotatable bonds is 1. The molecule has 5 heteroatoms. The minimum Gasteiger partial charge on any atom is -0.312 e. The Labute approximate surface area is 107 Å². The number of hydrogen-bond donors (Lipinski definition) is 0. The van der Waals surface area contributed by atoms with Crippen molar-refractivity contribution in [3.8, 4) is 0 Å². The zero-order valence-electron chi connectivity index (χ0n) is 10.0. The van der Waals surface area contributed by atoms with Gasteiger partial charge < -0.3 is 4.90 Å². The smallest absolute Gasteiger partial charge is 0.231 e. The van der Waals surface area contributed by atoms with Crippen molar-refractivity contribution in [2.24, 2.45) is 5.92 Å². The maximum atomic E-state index is 12.4. The van der Waals surface area contributed by atoms with Crippen LogP contribution in [0.25, 0.3) is 0 Å². The van der Waals surface area contributed by atoms with E-state index in [0.717, 1.165) is 12.1 Å². The van der Waals surface area contributed by atoms with E-state index in [1.165, 1.54) is 5.56 Å². The molecule has 0 bridgehead atoms. The van der Waals surface area contributed by atoms with Crippen LogP contribution in [0.5, 0.6) is 0 Å². The fourth-order valence-electron chi connectivity index (χ4n) is 2.78. The lowest BCUT2D eigenvalue weighted by atomic mass is 10.1. The standard InChI is InChI=1S/C13H15NO3S/c15-13(11-6-8-18(16,17)9-11)14-7-5-10-3-1-2-4-12(10)14/h1-4,11H,5-9H2/t11-/m0/s1. The second-order valence-electron chi connectivity index (χ2n) is 4.97. The molecule has 0 aromatic heterocycles. The van der Waals surface area contributed by atoms with Gasteiger partial charge in [0.15, 0.2) is 9.84 Å². The second kappa shape index (κ2) is 4.09. The molecule has 1 fully saturated rings. The Kier molecular flexibility index (Phi) is 2.66. The highest BCUT2D eigenvalue weighted by Gasteiger charge is 2.37. The quantitative estimate of drug-likeness (QED) is 0.761. The topological polar surface area (TPSA) is 54.5 Å². The maximum Gasteiger partial charge on any atom is 0.231 e. The molecule has 0 unspecified atom stereocenters. The van der Waals surface area contributed by atoms with Crippen molar-refractivity contribution < 1.29 is 13.2 Å². The summed E-state index contributed by atoms with van der Waals surface area (Å²) in [6.45, 7) is 0.675. The first-order valence-electron chi connectivity index (χ1n) is 6.16. The van der Waals surface area contributed by atoms with Gasteiger partial charge in [-0.25, -0.2) is 8.42 Å². The van der Waals surface area contributed by atoms with E-state index in [-0.39, 0.29) is 23.3 Å². The van der Waals surface area contributed by atoms with Gasteiger partial charge in [-0.1, -0.05) is 18.2 Å². The van der Waals surface area contributed by atoms with Crippen molar-refractivity contribution in [1.29, 1.82) is 0 Å². The number of benzene rings is 1. The van der Waals surface area contributed by atoms with Gasteiger partial charge in [-0.2, -0.15) is 0 Å². The van der Waals surface area contributed by atoms with Gasteiger partial charge in [-0.3, -0.25) is 4.79 Å². The van der Waals surface area contributed by atoms with E-state index in [4.69, 9.17) is 0 Å². The molecule has 96 valence electrons. The van der Waals surface area contributed by atoms with Crippen LogP contribution in [0.4, 0.5) is 5.69 Å². The molecule has 1 aromatic carbocycles. The number of para-hydroxylation sites is 1. The first-order chi connectivity index (χ1) is 8.57. The predicted octanol–water partition coefficient (Wildman–Crippen LogP) is 1.01. The molecule has 1 aromatic rings. The Morgan fingerprint density at radius 3 is 2.78 bits per heavy atom. The molecule has 0 aliphatic carbocycles. The predicted molar refractivity (Wildman–Crippen MR) is 69.3 cm³/mol. The molecule has 0 N–H and O–H groups in total. The Bertz CT molecular complexity index is 594. The number of carbonyl (C=O) groups excluding carboxylic acids is 1. The molecule has 1 amide bonds. The molecular formula is C13H15NO3S. The molecule has 18 heavy (non-hydrogen) atoms. The van der Waals surface area contributed by atoms with Crippen LogP contribution in [0, 0.1) is 5.92 Å². The Balaban J connectivity index is 1.83. The summed E-state index contributed by atoms with van der Waals surface area (Å²) in [5.41, 5.74) is 2.12. The van der Waals surface area contributed by atoms with Crippen molar-refractivity contribution in [2.45, 2.75) is 12.8 Å². The van der Waals surface area contributed by atoms with Crippen LogP contribution in [0.15, 0.2) is 24.3 Å². The van der Waals surface area contributed by atoms with Crippen LogP contribution >= 0.6 is 0 Å². The third kappa shape index (κ3) is 1.92. The molecule has 0 saturated carbocycles. The monoisotopic (exact) mass is 265 g/mol. The summed E-state index contributed by atoms with van der Waals surface area (Å²) >= 11 is 0. The van der Waals surface area contributed by atoms with E-state index in [9.17, 15) is 13.2 Å². The van der Waals surface area contributed by atoms with Crippen LogP contribution in [0.2, 0.25) is 0 Å². The van der Waals surface area contributed by atoms with Crippen molar-refractivity contribution >= 4 is 21.4 Å². The van der Waals surface area contributed by atoms with Gasteiger partial charge in [-0.05, 0) is 24.5 Å². The summed E-state index contributed by atoms with van der Waals surface area (Å²) in [4.78, 5) is 14.1. The highest BCUT2D eigenvalue weighted by atomic mass is 32.2. The van der Waals surface area contributed by atoms with Gasteiger partial charge in [-0.15, -0.1) is 0 Å². The van der Waals surface area contributed by atoms with Crippen molar-refractivity contribution in [1.82, 2.24) is 0 Å². The Morgan fingerprint density at radius 2 is 2.06 bits per heavy atom. The first kappa shape index (κ1) is 11.7. The van der Waals surface area contributed by atoms with Crippen LogP contribution in [0.1, 0.15) is 12.0 Å². The highest BCUT2D eigenvalue weighted by molar-refractivity contribution is 7.91. The molecule has 4 nitrogen and oxygen atoms in total. The van der Waals surface area contributed by atoms with Gasteiger partial charge in [0.2, 0.25) is 5.91 Å². The molecule has 2 aliphatic rings. The summed E-state index contributed by atoms with van der Waals surface area (Å²) in [6, 6.07) is 7.83. The van der Waals surface area contributed by atoms with Gasteiger partial charge in [0.25, 0.3) is 0 Å². The minimum absolute atomic E-state index is 0.0184. The number of fused-ring (bicyclic) bond motifs is 1. The van der Waals surface area contributed by atoms with Crippen molar-refractivity contribution in [3.63, 3.8) is 0 Å². The first-order valence-corrected chi connectivity index (χ1v) is 7.99. The minimum atomic E-state index is -2.99. The van der Waals surface area contributed by atoms with E-state index in [0.29, 0.717) is 13.0 Å². The lowest BCUT2D eigenvalue weighted by molar-refractivity contribution is -0.121. The second-order valence-corrected chi connectivity index (χ2v) is 7.20. The third-order valence-corrected chi connectivity index (χ3v) is 5.50. The van der Waals surface area contributed by atoms with E-state index >= 15 is 0 Å². The fraction of sp³-hybridized carbons (Fsp3) is 0.462. The summed E-state index contributed by atoms with van der Waals surface area (Å²) in [5, 5.41) is 0. The molecular weight excluding hydrogens is 250 g/mol. The SMILES string of the molecule is O=C([C@H]1CCS(=O)(=O)C1)N1CCc2ccccc21. The largest absolute Gasteiger partial charge is 0.312 e. The van der Waals surface area contributed by atoms with Crippen LogP contribution in [0.3, 0.4) is 0 Å². The van der Waals surface area contributed by atoms with E-state index in [1.807, 2.05) is 24.3 Å². The van der Waals surface area contributed by atoms with Gasteiger partial charge in [0.1, 0.15) is 0 Å². The zero-order chi connectivity index (χ0) is 12.8. The number of sulfone groups is 1. The number of carbonyl (C=O) groups is 1. The average Bonchev–Trinajstić information content (AvgIpc) is 2.91. The number of amides is 1. The molecule has 0 spiro atoms. The van der Waals surface area contributed by atoms with Gasteiger partial charge >= 0.3 is 0 Å². The molecule has 1 saturated heterocycles. The highest BCUT2D eigenvalue weighted by Crippen LogP contribution is 2.31. The molecule has 0 radical (unpaired) electrons. The average molecular weight is 265 g/mol. The molecule has 2 aliphatic heterocycles. The number of hydrogen-bond acceptors (Lipinski definition) is 3. The summed E-state index contributed by atoms with van der Waals surface area (Å²) in [5.74, 6) is -0.203. The summed E-state index contributed by atoms with van der Waals surface area (Å²) in [7, 11) is -2.99. The van der Waals surface area contributed by atoms with E-state index in [1.54, 1.807) is 4.90 Å². The maximum absolute atomic E-state index is 12.4. The Hall–Kier alpha value is -1.36. The van der Waals surface area contributed by atoms with Crippen molar-refractivity contribution in [3.05, 3.63) is 29.8 Å². The normalized spacial score (nSPS) is 25.1. The van der Waals surface area contributed by atoms with E-state index in [2.05, 4.69) is 0 Å². The summed E-state index contributed by atoms with van der Waals surface area (Å²) in [6.07, 6.45) is 1.33. The fourth-order valence-corrected chi connectivity index (χ4v) is 4.51.